The molecule has 1 amide bonds. The number of unbranched alkanes of at least 4 members (excludes halogenated alkanes) is 2. The van der Waals surface area contributed by atoms with E-state index in [0.717, 1.165) is 30.6 Å². The third-order valence-electron chi connectivity index (χ3n) is 3.37. The van der Waals surface area contributed by atoms with E-state index in [-0.39, 0.29) is 5.91 Å². The van der Waals surface area contributed by atoms with Gasteiger partial charge in [-0.05, 0) is 24.7 Å². The topological polar surface area (TPSA) is 95.9 Å². The number of hydrogen-bond acceptors (Lipinski definition) is 4. The first-order valence-corrected chi connectivity index (χ1v) is 10.7. The summed E-state index contributed by atoms with van der Waals surface area (Å²) in [7, 11) is -4.63. The molecule has 1 aromatic carbocycles. The molecule has 0 bridgehead atoms. The van der Waals surface area contributed by atoms with Gasteiger partial charge in [0.05, 0.1) is 17.9 Å². The molecule has 136 valence electrons. The van der Waals surface area contributed by atoms with Gasteiger partial charge >= 0.3 is 7.82 Å². The number of amides is 1. The second-order valence-electron chi connectivity index (χ2n) is 5.52. The second kappa shape index (κ2) is 10.9. The number of rotatable bonds is 11. The van der Waals surface area contributed by atoms with Gasteiger partial charge in [-0.2, -0.15) is 11.8 Å². The van der Waals surface area contributed by atoms with Gasteiger partial charge in [0, 0.05) is 0 Å². The minimum atomic E-state index is -4.63. The number of hydrogen-bond donors (Lipinski definition) is 3. The van der Waals surface area contributed by atoms with Crippen molar-refractivity contribution in [3.8, 4) is 0 Å². The number of carbonyl (C=O) groups excluding carboxylic acids is 1. The molecule has 0 radical (unpaired) electrons. The molecule has 8 heteroatoms. The van der Waals surface area contributed by atoms with Crippen LogP contribution in [0.4, 0.5) is 0 Å². The predicted molar refractivity (Wildman–Crippen MR) is 96.8 cm³/mol. The molecule has 0 fully saturated rings. The smallest absolute Gasteiger partial charge is 0.346 e. The number of nitrogens with one attached hydrogen (secondary N) is 1. The van der Waals surface area contributed by atoms with Crippen molar-refractivity contribution in [1.29, 1.82) is 0 Å². The van der Waals surface area contributed by atoms with Crippen molar-refractivity contribution in [2.24, 2.45) is 0 Å². The lowest BCUT2D eigenvalue weighted by atomic mass is 10.0. The maximum absolute atomic E-state index is 12.1. The highest BCUT2D eigenvalue weighted by Gasteiger charge is 2.28. The summed E-state index contributed by atoms with van der Waals surface area (Å²) in [6.07, 6.45) is 2.50. The van der Waals surface area contributed by atoms with Gasteiger partial charge in [0.2, 0.25) is 5.91 Å². The summed E-state index contributed by atoms with van der Waals surface area (Å²) in [6.45, 7) is 3.66. The molecule has 0 aliphatic rings. The van der Waals surface area contributed by atoms with Crippen LogP contribution in [-0.2, 0) is 13.9 Å². The normalized spacial score (nSPS) is 14.2. The quantitative estimate of drug-likeness (QED) is 0.406. The SMILES string of the molecule is CCCCCSCC(=O)N[C@H](c1ccccc1)[C@H](C)OP(=O)(O)O. The van der Waals surface area contributed by atoms with Crippen molar-refractivity contribution in [2.45, 2.75) is 45.3 Å². The fraction of sp³-hybridized carbons (Fsp3) is 0.562. The van der Waals surface area contributed by atoms with Crippen LogP contribution in [-0.4, -0.2) is 33.3 Å². The van der Waals surface area contributed by atoms with Crippen molar-refractivity contribution in [2.75, 3.05) is 11.5 Å². The van der Waals surface area contributed by atoms with Gasteiger partial charge in [0.15, 0.2) is 0 Å². The predicted octanol–water partition coefficient (Wildman–Crippen LogP) is 3.27. The summed E-state index contributed by atoms with van der Waals surface area (Å²) in [6, 6.07) is 8.40. The molecule has 0 aliphatic carbocycles. The van der Waals surface area contributed by atoms with Crippen LogP contribution in [0.15, 0.2) is 30.3 Å². The van der Waals surface area contributed by atoms with Gasteiger partial charge < -0.3 is 15.1 Å². The van der Waals surface area contributed by atoms with Gasteiger partial charge in [-0.25, -0.2) is 4.57 Å². The van der Waals surface area contributed by atoms with E-state index in [2.05, 4.69) is 12.2 Å². The second-order valence-corrected chi connectivity index (χ2v) is 7.81. The molecule has 0 saturated heterocycles. The van der Waals surface area contributed by atoms with E-state index in [9.17, 15) is 9.36 Å². The van der Waals surface area contributed by atoms with Crippen LogP contribution in [0.25, 0.3) is 0 Å². The van der Waals surface area contributed by atoms with Gasteiger partial charge in [-0.1, -0.05) is 50.1 Å². The maximum atomic E-state index is 12.1. The van der Waals surface area contributed by atoms with Crippen molar-refractivity contribution in [3.05, 3.63) is 35.9 Å². The fourth-order valence-electron chi connectivity index (χ4n) is 2.24. The highest BCUT2D eigenvalue weighted by Crippen LogP contribution is 2.40. The first kappa shape index (κ1) is 21.2. The Morgan fingerprint density at radius 1 is 1.29 bits per heavy atom. The average Bonchev–Trinajstić information content (AvgIpc) is 2.51. The third-order valence-corrected chi connectivity index (χ3v) is 5.02. The molecule has 0 spiro atoms. The van der Waals surface area contributed by atoms with Gasteiger partial charge in [-0.3, -0.25) is 9.32 Å². The summed E-state index contributed by atoms with van der Waals surface area (Å²) in [5.74, 6) is 1.06. The minimum Gasteiger partial charge on any atom is -0.346 e. The first-order valence-electron chi connectivity index (χ1n) is 7.99. The number of benzene rings is 1. The summed E-state index contributed by atoms with van der Waals surface area (Å²) < 4.78 is 15.8. The van der Waals surface area contributed by atoms with Crippen LogP contribution in [0.5, 0.6) is 0 Å². The molecule has 0 aromatic heterocycles. The zero-order valence-electron chi connectivity index (χ0n) is 14.1. The van der Waals surface area contributed by atoms with Gasteiger partial charge in [0.25, 0.3) is 0 Å². The Morgan fingerprint density at radius 3 is 2.54 bits per heavy atom. The number of thioether (sulfide) groups is 1. The van der Waals surface area contributed by atoms with E-state index in [1.54, 1.807) is 36.0 Å². The number of phosphoric ester groups is 1. The largest absolute Gasteiger partial charge is 0.469 e. The summed E-state index contributed by atoms with van der Waals surface area (Å²) in [4.78, 5) is 30.2. The van der Waals surface area contributed by atoms with E-state index >= 15 is 0 Å². The van der Waals surface area contributed by atoms with Gasteiger partial charge in [0.1, 0.15) is 0 Å². The number of phosphoric acid groups is 1. The summed E-state index contributed by atoms with van der Waals surface area (Å²) in [5.41, 5.74) is 0.739. The Balaban J connectivity index is 2.65. The average molecular weight is 375 g/mol. The first-order chi connectivity index (χ1) is 11.3. The molecule has 2 atom stereocenters. The lowest BCUT2D eigenvalue weighted by Gasteiger charge is -2.26. The lowest BCUT2D eigenvalue weighted by Crippen LogP contribution is -2.37. The van der Waals surface area contributed by atoms with E-state index in [1.165, 1.54) is 6.92 Å². The molecule has 0 saturated carbocycles. The molecular formula is C16H26NO5PS. The molecule has 0 heterocycles. The summed E-state index contributed by atoms with van der Waals surface area (Å²) >= 11 is 1.56. The molecule has 0 aliphatic heterocycles. The molecule has 0 unspecified atom stereocenters. The van der Waals surface area contributed by atoms with E-state index in [4.69, 9.17) is 14.3 Å². The van der Waals surface area contributed by atoms with E-state index < -0.39 is 20.0 Å². The molecule has 1 aromatic rings. The fourth-order valence-corrected chi connectivity index (χ4v) is 3.62. The van der Waals surface area contributed by atoms with Crippen LogP contribution in [0.1, 0.15) is 44.7 Å². The Bertz CT molecular complexity index is 537. The summed E-state index contributed by atoms with van der Waals surface area (Å²) in [5, 5.41) is 2.82. The molecular weight excluding hydrogens is 349 g/mol. The highest BCUT2D eigenvalue weighted by molar-refractivity contribution is 7.99. The standard InChI is InChI=1S/C16H26NO5PS/c1-3-4-8-11-24-12-15(18)17-16(13(2)22-23(19,20)21)14-9-6-5-7-10-14/h5-7,9-10,13,16H,3-4,8,11-12H2,1-2H3,(H,17,18)(H2,19,20,21)/t13-,16-/m0/s1. The zero-order chi connectivity index (χ0) is 18.0. The maximum Gasteiger partial charge on any atom is 0.469 e. The number of carbonyl (C=O) groups is 1. The Hall–Kier alpha value is -0.850. The minimum absolute atomic E-state index is 0.175. The monoisotopic (exact) mass is 375 g/mol. The third kappa shape index (κ3) is 8.85. The molecule has 3 N–H and O–H groups in total. The Morgan fingerprint density at radius 2 is 1.96 bits per heavy atom. The van der Waals surface area contributed by atoms with Crippen LogP contribution in [0.3, 0.4) is 0 Å². The van der Waals surface area contributed by atoms with Crippen molar-refractivity contribution in [3.63, 3.8) is 0 Å². The molecule has 6 nitrogen and oxygen atoms in total. The van der Waals surface area contributed by atoms with Crippen LogP contribution in [0.2, 0.25) is 0 Å². The van der Waals surface area contributed by atoms with E-state index in [1.807, 2.05) is 6.07 Å². The van der Waals surface area contributed by atoms with Crippen molar-refractivity contribution < 1.29 is 23.7 Å². The zero-order valence-corrected chi connectivity index (χ0v) is 15.8. The van der Waals surface area contributed by atoms with Crippen LogP contribution < -0.4 is 5.32 Å². The van der Waals surface area contributed by atoms with Crippen LogP contribution >= 0.6 is 19.6 Å². The Kier molecular flexibility index (Phi) is 9.63. The molecule has 24 heavy (non-hydrogen) atoms. The molecule has 1 rings (SSSR count). The van der Waals surface area contributed by atoms with E-state index in [0.29, 0.717) is 5.75 Å². The lowest BCUT2D eigenvalue weighted by molar-refractivity contribution is -0.120. The Labute approximate surface area is 147 Å². The van der Waals surface area contributed by atoms with Crippen molar-refractivity contribution in [1.82, 2.24) is 5.32 Å². The van der Waals surface area contributed by atoms with Crippen LogP contribution in [0, 0.1) is 0 Å². The van der Waals surface area contributed by atoms with Gasteiger partial charge in [-0.15, -0.1) is 0 Å². The van der Waals surface area contributed by atoms with Crippen molar-refractivity contribution >= 4 is 25.5 Å². The highest BCUT2D eigenvalue weighted by atomic mass is 32.2.